The first kappa shape index (κ1) is 25.8. The first-order valence-corrected chi connectivity index (χ1v) is 14.9. The van der Waals surface area contributed by atoms with Crippen LogP contribution in [-0.4, -0.2) is 9.55 Å². The molecule has 0 saturated heterocycles. The average molecular weight is 564 g/mol. The summed E-state index contributed by atoms with van der Waals surface area (Å²) in [5.74, 6) is 0. The van der Waals surface area contributed by atoms with E-state index in [1.165, 1.54) is 21.8 Å². The predicted molar refractivity (Wildman–Crippen MR) is 184 cm³/mol. The van der Waals surface area contributed by atoms with Gasteiger partial charge in [-0.05, 0) is 72.3 Å². The van der Waals surface area contributed by atoms with E-state index in [4.69, 9.17) is 4.98 Å². The molecule has 0 aliphatic carbocycles. The Morgan fingerprint density at radius 3 is 1.66 bits per heavy atom. The SMILES string of the molecule is c1ccc(-c2ccc(-c3ccc(-n4c5ccccc5c5cc(N(c6ccccc6)c6ccccc6)ccc54)cc3)cn2)cc1. The van der Waals surface area contributed by atoms with Crippen molar-refractivity contribution in [3.8, 4) is 28.1 Å². The third kappa shape index (κ3) is 4.61. The van der Waals surface area contributed by atoms with Crippen LogP contribution in [0.1, 0.15) is 0 Å². The predicted octanol–water partition coefficient (Wildman–Crippen LogP) is 11.0. The molecule has 0 atom stereocenters. The van der Waals surface area contributed by atoms with E-state index < -0.39 is 0 Å². The molecule has 0 bridgehead atoms. The fraction of sp³-hybridized carbons (Fsp3) is 0. The third-order valence-electron chi connectivity index (χ3n) is 8.24. The molecule has 208 valence electrons. The number of fused-ring (bicyclic) bond motifs is 3. The van der Waals surface area contributed by atoms with Crippen LogP contribution in [-0.2, 0) is 0 Å². The molecule has 0 aliphatic rings. The van der Waals surface area contributed by atoms with Crippen LogP contribution in [0.5, 0.6) is 0 Å². The molecule has 0 radical (unpaired) electrons. The lowest BCUT2D eigenvalue weighted by molar-refractivity contribution is 1.18. The van der Waals surface area contributed by atoms with E-state index in [2.05, 4.69) is 161 Å². The van der Waals surface area contributed by atoms with E-state index in [1.54, 1.807) is 0 Å². The number of pyridine rings is 1. The number of aromatic nitrogens is 2. The lowest BCUT2D eigenvalue weighted by atomic mass is 10.1. The minimum Gasteiger partial charge on any atom is -0.310 e. The highest BCUT2D eigenvalue weighted by Gasteiger charge is 2.17. The van der Waals surface area contributed by atoms with E-state index >= 15 is 0 Å². The van der Waals surface area contributed by atoms with E-state index in [9.17, 15) is 0 Å². The Morgan fingerprint density at radius 1 is 0.409 bits per heavy atom. The van der Waals surface area contributed by atoms with Gasteiger partial charge in [0.15, 0.2) is 0 Å². The summed E-state index contributed by atoms with van der Waals surface area (Å²) in [6.07, 6.45) is 1.96. The number of hydrogen-bond donors (Lipinski definition) is 0. The van der Waals surface area contributed by atoms with Crippen molar-refractivity contribution in [3.63, 3.8) is 0 Å². The van der Waals surface area contributed by atoms with Crippen LogP contribution in [0.25, 0.3) is 49.9 Å². The van der Waals surface area contributed by atoms with Crippen LogP contribution < -0.4 is 4.90 Å². The van der Waals surface area contributed by atoms with Crippen LogP contribution in [0.15, 0.2) is 176 Å². The molecule has 0 amide bonds. The lowest BCUT2D eigenvalue weighted by Gasteiger charge is -2.25. The molecule has 3 nitrogen and oxygen atoms in total. The van der Waals surface area contributed by atoms with E-state index in [0.29, 0.717) is 0 Å². The molecule has 44 heavy (non-hydrogen) atoms. The molecule has 2 heterocycles. The topological polar surface area (TPSA) is 21.1 Å². The van der Waals surface area contributed by atoms with Crippen molar-refractivity contribution in [1.29, 1.82) is 0 Å². The zero-order chi connectivity index (χ0) is 29.3. The summed E-state index contributed by atoms with van der Waals surface area (Å²) >= 11 is 0. The van der Waals surface area contributed by atoms with Crippen molar-refractivity contribution >= 4 is 38.9 Å². The van der Waals surface area contributed by atoms with Crippen molar-refractivity contribution in [2.45, 2.75) is 0 Å². The molecule has 0 aliphatic heterocycles. The van der Waals surface area contributed by atoms with Gasteiger partial charge in [0.25, 0.3) is 0 Å². The number of anilines is 3. The molecule has 0 spiro atoms. The zero-order valence-electron chi connectivity index (χ0n) is 24.1. The molecule has 0 fully saturated rings. The van der Waals surface area contributed by atoms with Gasteiger partial charge in [0.05, 0.1) is 16.7 Å². The van der Waals surface area contributed by atoms with Crippen molar-refractivity contribution in [2.75, 3.05) is 4.90 Å². The Bertz CT molecular complexity index is 2140. The molecular weight excluding hydrogens is 534 g/mol. The van der Waals surface area contributed by atoms with Gasteiger partial charge in [-0.15, -0.1) is 0 Å². The smallest absolute Gasteiger partial charge is 0.0702 e. The highest BCUT2D eigenvalue weighted by atomic mass is 15.1. The zero-order valence-corrected chi connectivity index (χ0v) is 24.1. The first-order valence-electron chi connectivity index (χ1n) is 14.9. The van der Waals surface area contributed by atoms with Gasteiger partial charge in [0, 0.05) is 50.8 Å². The second kappa shape index (κ2) is 11.0. The maximum absolute atomic E-state index is 4.74. The number of rotatable bonds is 6. The molecule has 2 aromatic heterocycles. The van der Waals surface area contributed by atoms with Gasteiger partial charge >= 0.3 is 0 Å². The monoisotopic (exact) mass is 563 g/mol. The summed E-state index contributed by atoms with van der Waals surface area (Å²) < 4.78 is 2.37. The Balaban J connectivity index is 1.20. The second-order valence-electron chi connectivity index (χ2n) is 10.9. The van der Waals surface area contributed by atoms with Crippen LogP contribution in [0.2, 0.25) is 0 Å². The summed E-state index contributed by atoms with van der Waals surface area (Å²) in [5, 5.41) is 2.45. The van der Waals surface area contributed by atoms with Gasteiger partial charge in [-0.25, -0.2) is 0 Å². The first-order chi connectivity index (χ1) is 21.8. The number of nitrogens with zero attached hydrogens (tertiary/aromatic N) is 3. The van der Waals surface area contributed by atoms with Gasteiger partial charge in [0.1, 0.15) is 0 Å². The Kier molecular flexibility index (Phi) is 6.47. The highest BCUT2D eigenvalue weighted by Crippen LogP contribution is 2.39. The van der Waals surface area contributed by atoms with Gasteiger partial charge < -0.3 is 9.47 Å². The summed E-state index contributed by atoms with van der Waals surface area (Å²) in [5.41, 5.74) is 11.2. The molecule has 0 unspecified atom stereocenters. The maximum Gasteiger partial charge on any atom is 0.0702 e. The molecule has 0 saturated carbocycles. The standard InChI is InChI=1S/C41H29N3/c1-4-12-31(13-5-1)39-26-22-32(29-42-39)30-20-23-35(24-21-30)44-40-19-11-10-18-37(40)38-28-36(25-27-41(38)44)43(33-14-6-2-7-15-33)34-16-8-3-9-17-34/h1-29H. The van der Waals surface area contributed by atoms with Crippen LogP contribution in [0, 0.1) is 0 Å². The van der Waals surface area contributed by atoms with E-state index in [1.807, 2.05) is 24.4 Å². The van der Waals surface area contributed by atoms with Gasteiger partial charge in [-0.2, -0.15) is 0 Å². The quantitative estimate of drug-likeness (QED) is 0.201. The molecule has 0 N–H and O–H groups in total. The van der Waals surface area contributed by atoms with Crippen molar-refractivity contribution in [2.24, 2.45) is 0 Å². The highest BCUT2D eigenvalue weighted by molar-refractivity contribution is 6.10. The Morgan fingerprint density at radius 2 is 1.00 bits per heavy atom. The molecule has 6 aromatic carbocycles. The normalized spacial score (nSPS) is 11.2. The maximum atomic E-state index is 4.74. The fourth-order valence-corrected chi connectivity index (χ4v) is 6.13. The molecule has 8 rings (SSSR count). The molecular formula is C41H29N3. The molecule has 8 aromatic rings. The fourth-order valence-electron chi connectivity index (χ4n) is 6.13. The molecule has 3 heteroatoms. The number of hydrogen-bond acceptors (Lipinski definition) is 2. The van der Waals surface area contributed by atoms with Crippen molar-refractivity contribution in [3.05, 3.63) is 176 Å². The van der Waals surface area contributed by atoms with Gasteiger partial charge in [-0.3, -0.25) is 4.98 Å². The minimum atomic E-state index is 0.980. The third-order valence-corrected chi connectivity index (χ3v) is 8.24. The van der Waals surface area contributed by atoms with Crippen molar-refractivity contribution < 1.29 is 0 Å². The van der Waals surface area contributed by atoms with Crippen LogP contribution >= 0.6 is 0 Å². The lowest BCUT2D eigenvalue weighted by Crippen LogP contribution is -2.09. The van der Waals surface area contributed by atoms with Gasteiger partial charge in [0.2, 0.25) is 0 Å². The van der Waals surface area contributed by atoms with Crippen LogP contribution in [0.4, 0.5) is 17.1 Å². The Hall–Kier alpha value is -5.93. The van der Waals surface area contributed by atoms with Crippen LogP contribution in [0.3, 0.4) is 0 Å². The average Bonchev–Trinajstić information content (AvgIpc) is 3.44. The summed E-state index contributed by atoms with van der Waals surface area (Å²) in [4.78, 5) is 7.05. The van der Waals surface area contributed by atoms with Crippen molar-refractivity contribution in [1.82, 2.24) is 9.55 Å². The van der Waals surface area contributed by atoms with E-state index in [0.717, 1.165) is 45.1 Å². The number of benzene rings is 6. The number of para-hydroxylation sites is 3. The second-order valence-corrected chi connectivity index (χ2v) is 10.9. The Labute approximate surface area is 256 Å². The van der Waals surface area contributed by atoms with Gasteiger partial charge in [-0.1, -0.05) is 103 Å². The summed E-state index contributed by atoms with van der Waals surface area (Å²) in [6, 6.07) is 59.9. The summed E-state index contributed by atoms with van der Waals surface area (Å²) in [7, 11) is 0. The summed E-state index contributed by atoms with van der Waals surface area (Å²) in [6.45, 7) is 0. The van der Waals surface area contributed by atoms with E-state index in [-0.39, 0.29) is 0 Å². The largest absolute Gasteiger partial charge is 0.310 e. The minimum absolute atomic E-state index is 0.980.